The number of esters is 1. The summed E-state index contributed by atoms with van der Waals surface area (Å²) in [6.07, 6.45) is 2.67. The molecule has 0 saturated heterocycles. The van der Waals surface area contributed by atoms with Crippen molar-refractivity contribution in [2.24, 2.45) is 5.41 Å². The fourth-order valence-electron chi connectivity index (χ4n) is 1.52. The molecule has 0 aromatic carbocycles. The van der Waals surface area contributed by atoms with E-state index < -0.39 is 5.97 Å². The third-order valence-corrected chi connectivity index (χ3v) is 2.86. The van der Waals surface area contributed by atoms with Gasteiger partial charge in [0, 0.05) is 12.2 Å². The molecule has 1 atom stereocenters. The van der Waals surface area contributed by atoms with Gasteiger partial charge in [0.2, 0.25) is 5.82 Å². The second-order valence-electron chi connectivity index (χ2n) is 4.65. The van der Waals surface area contributed by atoms with E-state index in [1.54, 1.807) is 12.3 Å². The van der Waals surface area contributed by atoms with E-state index in [9.17, 15) is 4.79 Å². The molecule has 16 heavy (non-hydrogen) atoms. The summed E-state index contributed by atoms with van der Waals surface area (Å²) in [6, 6.07) is 2.17. The number of nitrogens with one attached hydrogen (secondary N) is 1. The summed E-state index contributed by atoms with van der Waals surface area (Å²) < 4.78 is 4.56. The second kappa shape index (κ2) is 3.73. The first kappa shape index (κ1) is 10.9. The van der Waals surface area contributed by atoms with Crippen LogP contribution in [0.15, 0.2) is 12.3 Å². The van der Waals surface area contributed by atoms with E-state index in [0.29, 0.717) is 17.3 Å². The summed E-state index contributed by atoms with van der Waals surface area (Å²) in [5.74, 6) is 0.246. The van der Waals surface area contributed by atoms with Gasteiger partial charge in [0.25, 0.3) is 0 Å². The maximum atomic E-state index is 11.2. The molecule has 0 bridgehead atoms. The average Bonchev–Trinajstić information content (AvgIpc) is 2.85. The van der Waals surface area contributed by atoms with Crippen LogP contribution in [0.3, 0.4) is 0 Å². The first-order valence-corrected chi connectivity index (χ1v) is 5.21. The Labute approximate surface area is 94.2 Å². The van der Waals surface area contributed by atoms with Crippen LogP contribution in [0.4, 0.5) is 5.82 Å². The van der Waals surface area contributed by atoms with Crippen LogP contribution in [0.2, 0.25) is 0 Å². The van der Waals surface area contributed by atoms with Gasteiger partial charge in [-0.05, 0) is 17.9 Å². The lowest BCUT2D eigenvalue weighted by Gasteiger charge is -2.07. The van der Waals surface area contributed by atoms with Crippen LogP contribution in [0, 0.1) is 5.41 Å². The van der Waals surface area contributed by atoms with E-state index in [0.717, 1.165) is 6.42 Å². The molecule has 0 radical (unpaired) electrons. The SMILES string of the molecule is COC(=O)c1nccc(NC2CC2(C)C)n1. The van der Waals surface area contributed by atoms with Gasteiger partial charge in [-0.15, -0.1) is 0 Å². The minimum Gasteiger partial charge on any atom is -0.463 e. The number of hydrogen-bond donors (Lipinski definition) is 1. The van der Waals surface area contributed by atoms with Crippen molar-refractivity contribution in [3.63, 3.8) is 0 Å². The van der Waals surface area contributed by atoms with Crippen LogP contribution in [0.25, 0.3) is 0 Å². The molecule has 1 heterocycles. The number of hydrogen-bond acceptors (Lipinski definition) is 5. The number of aromatic nitrogens is 2. The van der Waals surface area contributed by atoms with Crippen molar-refractivity contribution in [3.8, 4) is 0 Å². The Morgan fingerprint density at radius 2 is 2.31 bits per heavy atom. The number of ether oxygens (including phenoxy) is 1. The zero-order valence-electron chi connectivity index (χ0n) is 9.65. The molecular weight excluding hydrogens is 206 g/mol. The Hall–Kier alpha value is -1.65. The Bertz CT molecular complexity index is 417. The molecule has 1 aromatic rings. The van der Waals surface area contributed by atoms with Gasteiger partial charge < -0.3 is 10.1 Å². The summed E-state index contributed by atoms with van der Waals surface area (Å²) in [7, 11) is 1.32. The summed E-state index contributed by atoms with van der Waals surface area (Å²) in [6.45, 7) is 4.38. The zero-order chi connectivity index (χ0) is 11.8. The van der Waals surface area contributed by atoms with Crippen LogP contribution in [-0.4, -0.2) is 29.1 Å². The zero-order valence-corrected chi connectivity index (χ0v) is 9.65. The van der Waals surface area contributed by atoms with Gasteiger partial charge >= 0.3 is 5.97 Å². The Kier molecular flexibility index (Phi) is 2.53. The van der Waals surface area contributed by atoms with Crippen LogP contribution in [0.5, 0.6) is 0 Å². The van der Waals surface area contributed by atoms with Crippen molar-refractivity contribution < 1.29 is 9.53 Å². The molecule has 1 aliphatic rings. The highest BCUT2D eigenvalue weighted by molar-refractivity contribution is 5.85. The van der Waals surface area contributed by atoms with Crippen molar-refractivity contribution in [1.29, 1.82) is 0 Å². The van der Waals surface area contributed by atoms with E-state index in [1.807, 2.05) is 0 Å². The first-order valence-electron chi connectivity index (χ1n) is 5.21. The number of rotatable bonds is 3. The molecule has 1 unspecified atom stereocenters. The quantitative estimate of drug-likeness (QED) is 0.783. The molecule has 2 rings (SSSR count). The van der Waals surface area contributed by atoms with E-state index in [4.69, 9.17) is 0 Å². The highest BCUT2D eigenvalue weighted by Gasteiger charge is 2.45. The number of carbonyl (C=O) groups excluding carboxylic acids is 1. The number of anilines is 1. The van der Waals surface area contributed by atoms with E-state index in [1.165, 1.54) is 7.11 Å². The Morgan fingerprint density at radius 1 is 1.62 bits per heavy atom. The predicted molar refractivity (Wildman–Crippen MR) is 59.2 cm³/mol. The van der Waals surface area contributed by atoms with Crippen LogP contribution < -0.4 is 5.32 Å². The van der Waals surface area contributed by atoms with Crippen molar-refractivity contribution in [1.82, 2.24) is 9.97 Å². The maximum absolute atomic E-state index is 11.2. The van der Waals surface area contributed by atoms with Crippen molar-refractivity contribution in [2.45, 2.75) is 26.3 Å². The summed E-state index contributed by atoms with van der Waals surface area (Å²) in [4.78, 5) is 19.2. The molecule has 1 saturated carbocycles. The monoisotopic (exact) mass is 221 g/mol. The predicted octanol–water partition coefficient (Wildman–Crippen LogP) is 1.47. The van der Waals surface area contributed by atoms with Gasteiger partial charge in [-0.1, -0.05) is 13.8 Å². The molecular formula is C11H15N3O2. The van der Waals surface area contributed by atoms with Crippen LogP contribution in [0.1, 0.15) is 30.9 Å². The van der Waals surface area contributed by atoms with Gasteiger partial charge in [0.1, 0.15) is 5.82 Å². The molecule has 1 aliphatic carbocycles. The van der Waals surface area contributed by atoms with Gasteiger partial charge in [-0.25, -0.2) is 14.8 Å². The lowest BCUT2D eigenvalue weighted by Crippen LogP contribution is -2.13. The molecule has 5 nitrogen and oxygen atoms in total. The molecule has 1 aromatic heterocycles. The molecule has 1 N–H and O–H groups in total. The lowest BCUT2D eigenvalue weighted by molar-refractivity contribution is 0.0587. The topological polar surface area (TPSA) is 64.1 Å². The molecule has 0 amide bonds. The van der Waals surface area contributed by atoms with E-state index in [2.05, 4.69) is 33.9 Å². The molecule has 0 spiro atoms. The largest absolute Gasteiger partial charge is 0.463 e. The van der Waals surface area contributed by atoms with E-state index in [-0.39, 0.29) is 5.82 Å². The van der Waals surface area contributed by atoms with Crippen LogP contribution in [-0.2, 0) is 4.74 Å². The molecule has 1 fully saturated rings. The number of nitrogens with zero attached hydrogens (tertiary/aromatic N) is 2. The van der Waals surface area contributed by atoms with E-state index >= 15 is 0 Å². The van der Waals surface area contributed by atoms with Crippen molar-refractivity contribution in [3.05, 3.63) is 18.1 Å². The third-order valence-electron chi connectivity index (χ3n) is 2.86. The molecule has 5 heteroatoms. The van der Waals surface area contributed by atoms with Crippen molar-refractivity contribution >= 4 is 11.8 Å². The lowest BCUT2D eigenvalue weighted by atomic mass is 10.2. The Morgan fingerprint density at radius 3 is 2.88 bits per heavy atom. The van der Waals surface area contributed by atoms with Gasteiger partial charge in [0.05, 0.1) is 7.11 Å². The first-order chi connectivity index (χ1) is 7.53. The fourth-order valence-corrected chi connectivity index (χ4v) is 1.52. The molecule has 0 aliphatic heterocycles. The standard InChI is InChI=1S/C11H15N3O2/c1-11(2)6-7(11)13-8-4-5-12-9(14-8)10(15)16-3/h4-5,7H,6H2,1-3H3,(H,12,13,14). The minimum atomic E-state index is -0.515. The highest BCUT2D eigenvalue weighted by Crippen LogP contribution is 2.46. The number of carbonyl (C=O) groups is 1. The maximum Gasteiger partial charge on any atom is 0.376 e. The van der Waals surface area contributed by atoms with Crippen molar-refractivity contribution in [2.75, 3.05) is 12.4 Å². The van der Waals surface area contributed by atoms with Crippen LogP contribution >= 0.6 is 0 Å². The molecule has 86 valence electrons. The third kappa shape index (κ3) is 2.13. The second-order valence-corrected chi connectivity index (χ2v) is 4.65. The summed E-state index contributed by atoms with van der Waals surface area (Å²) >= 11 is 0. The summed E-state index contributed by atoms with van der Waals surface area (Å²) in [5, 5.41) is 3.27. The highest BCUT2D eigenvalue weighted by atomic mass is 16.5. The average molecular weight is 221 g/mol. The van der Waals surface area contributed by atoms with Gasteiger partial charge in [-0.2, -0.15) is 0 Å². The Balaban J connectivity index is 2.08. The number of methoxy groups -OCH3 is 1. The smallest absolute Gasteiger partial charge is 0.376 e. The summed E-state index contributed by atoms with van der Waals surface area (Å²) in [5.41, 5.74) is 0.316. The van der Waals surface area contributed by atoms with Gasteiger partial charge in [-0.3, -0.25) is 0 Å². The minimum absolute atomic E-state index is 0.0888. The fraction of sp³-hybridized carbons (Fsp3) is 0.545. The van der Waals surface area contributed by atoms with Gasteiger partial charge in [0.15, 0.2) is 0 Å². The normalized spacial score (nSPS) is 21.3.